The lowest BCUT2D eigenvalue weighted by Crippen LogP contribution is -2.15. The Morgan fingerprint density at radius 1 is 0.756 bits per heavy atom. The van der Waals surface area contributed by atoms with E-state index in [0.29, 0.717) is 0 Å². The van der Waals surface area contributed by atoms with Crippen molar-refractivity contribution in [3.63, 3.8) is 0 Å². The first kappa shape index (κ1) is 25.8. The quantitative estimate of drug-likeness (QED) is 0.217. The third-order valence-electron chi connectivity index (χ3n) is 9.12. The number of hydrogen-bond acceptors (Lipinski definition) is 4. The number of aromatic nitrogens is 1. The monoisotopic (exact) mass is 585 g/mol. The van der Waals surface area contributed by atoms with Crippen molar-refractivity contribution in [2.24, 2.45) is 0 Å². The van der Waals surface area contributed by atoms with Gasteiger partial charge in [-0.15, -0.1) is 0 Å². The maximum absolute atomic E-state index is 7.01. The number of nitrogens with zero attached hydrogens (tertiary/aromatic N) is 1. The second kappa shape index (κ2) is 10.5. The molecular formula is C40H31N3O2. The second-order valence-electron chi connectivity index (χ2n) is 11.7. The molecule has 0 saturated carbocycles. The number of fused-ring (bicyclic) bond motifs is 9. The molecule has 218 valence electrons. The molecule has 4 heterocycles. The average Bonchev–Trinajstić information content (AvgIpc) is 3.44. The lowest BCUT2D eigenvalue weighted by Gasteiger charge is -2.28. The first-order chi connectivity index (χ1) is 22.3. The lowest BCUT2D eigenvalue weighted by molar-refractivity contribution is 0.374. The van der Waals surface area contributed by atoms with Gasteiger partial charge in [-0.25, -0.2) is 0 Å². The molecule has 0 fully saturated rings. The number of benzene rings is 4. The first-order valence-electron chi connectivity index (χ1n) is 15.6. The molecule has 1 unspecified atom stereocenters. The van der Waals surface area contributed by atoms with Crippen molar-refractivity contribution >= 4 is 22.7 Å². The van der Waals surface area contributed by atoms with Gasteiger partial charge in [-0.3, -0.25) is 0 Å². The normalized spacial score (nSPS) is 17.6. The van der Waals surface area contributed by atoms with Gasteiger partial charge in [0.05, 0.1) is 17.8 Å². The largest absolute Gasteiger partial charge is 0.460 e. The molecule has 4 aliphatic rings. The molecule has 0 bridgehead atoms. The Labute approximate surface area is 262 Å². The van der Waals surface area contributed by atoms with Crippen LogP contribution in [0, 0.1) is 0 Å². The van der Waals surface area contributed by atoms with Crippen LogP contribution in [-0.2, 0) is 6.54 Å². The van der Waals surface area contributed by atoms with Crippen LogP contribution in [0.25, 0.3) is 39.5 Å². The summed E-state index contributed by atoms with van der Waals surface area (Å²) in [7, 11) is 0. The van der Waals surface area contributed by atoms with E-state index in [2.05, 4.69) is 137 Å². The maximum Gasteiger partial charge on any atom is 0.137 e. The molecule has 2 N–H and O–H groups in total. The summed E-state index contributed by atoms with van der Waals surface area (Å²) >= 11 is 0. The highest BCUT2D eigenvalue weighted by molar-refractivity contribution is 5.93. The van der Waals surface area contributed by atoms with Gasteiger partial charge in [0.2, 0.25) is 0 Å². The molecule has 1 atom stereocenters. The van der Waals surface area contributed by atoms with Crippen LogP contribution >= 0.6 is 0 Å². The zero-order chi connectivity index (χ0) is 29.7. The molecule has 3 aliphatic heterocycles. The fourth-order valence-electron chi connectivity index (χ4n) is 6.99. The van der Waals surface area contributed by atoms with E-state index >= 15 is 0 Å². The van der Waals surface area contributed by atoms with E-state index in [1.807, 2.05) is 12.3 Å². The molecule has 9 rings (SSSR count). The van der Waals surface area contributed by atoms with Crippen LogP contribution in [0.2, 0.25) is 0 Å². The van der Waals surface area contributed by atoms with Crippen molar-refractivity contribution in [2.75, 3.05) is 6.54 Å². The summed E-state index contributed by atoms with van der Waals surface area (Å²) in [5, 5.41) is 8.16. The summed E-state index contributed by atoms with van der Waals surface area (Å²) in [6, 6.07) is 30.0. The van der Waals surface area contributed by atoms with Crippen LogP contribution in [-0.4, -0.2) is 11.1 Å². The fourth-order valence-corrected chi connectivity index (χ4v) is 6.99. The Morgan fingerprint density at radius 2 is 1.60 bits per heavy atom. The van der Waals surface area contributed by atoms with Crippen LogP contribution in [0.15, 0.2) is 133 Å². The molecule has 5 heteroatoms. The standard InChI is InChI=1S/C40H31N3O2/c1-4-13-35-28(9-1)29-20-22-41-25-36(29)43(35)27-17-19-33-32-18-16-26(34-12-7-8-21-42-34)23-39(32)44-37-14-5-2-10-30(37)31-11-3-6-15-38(31)45-40(33)24-27/h1-10,12-20,22-24,31,41-42H,11,21,25H2. The van der Waals surface area contributed by atoms with Crippen LogP contribution in [0.4, 0.5) is 0 Å². The van der Waals surface area contributed by atoms with Crippen LogP contribution in [0.3, 0.4) is 0 Å². The molecule has 0 radical (unpaired) electrons. The van der Waals surface area contributed by atoms with Gasteiger partial charge >= 0.3 is 0 Å². The van der Waals surface area contributed by atoms with E-state index in [-0.39, 0.29) is 5.92 Å². The summed E-state index contributed by atoms with van der Waals surface area (Å²) in [5.74, 6) is 3.41. The van der Waals surface area contributed by atoms with Crippen LogP contribution in [0.1, 0.15) is 34.7 Å². The molecular weight excluding hydrogens is 554 g/mol. The van der Waals surface area contributed by atoms with E-state index < -0.39 is 0 Å². The highest BCUT2D eigenvalue weighted by Crippen LogP contribution is 2.47. The Hall–Kier alpha value is -5.68. The summed E-state index contributed by atoms with van der Waals surface area (Å²) < 4.78 is 16.3. The molecule has 0 spiro atoms. The number of para-hydroxylation sites is 2. The van der Waals surface area contributed by atoms with E-state index in [0.717, 1.165) is 76.2 Å². The Morgan fingerprint density at radius 3 is 2.53 bits per heavy atom. The van der Waals surface area contributed by atoms with Gasteiger partial charge in [-0.2, -0.15) is 0 Å². The van der Waals surface area contributed by atoms with Gasteiger partial charge in [0.25, 0.3) is 0 Å². The minimum absolute atomic E-state index is 0.0369. The smallest absolute Gasteiger partial charge is 0.137 e. The topological polar surface area (TPSA) is 47.5 Å². The molecule has 45 heavy (non-hydrogen) atoms. The SMILES string of the molecule is C1=CCNC(c2ccc3c(c2)Oc2ccccc2C2CC=CC=C2Oc2cc(-n4c5c(c6ccccc64)C=CNC5)ccc2-3)=C1. The van der Waals surface area contributed by atoms with Gasteiger partial charge in [0.15, 0.2) is 0 Å². The van der Waals surface area contributed by atoms with E-state index in [9.17, 15) is 0 Å². The third kappa shape index (κ3) is 4.31. The highest BCUT2D eigenvalue weighted by atomic mass is 16.5. The summed E-state index contributed by atoms with van der Waals surface area (Å²) in [5.41, 5.74) is 9.98. The number of hydrogen-bond donors (Lipinski definition) is 2. The minimum atomic E-state index is 0.0369. The summed E-state index contributed by atoms with van der Waals surface area (Å²) in [6.07, 6.45) is 17.8. The van der Waals surface area contributed by atoms with Gasteiger partial charge in [-0.05, 0) is 67.2 Å². The zero-order valence-corrected chi connectivity index (χ0v) is 24.7. The molecule has 1 aliphatic carbocycles. The Bertz CT molecular complexity index is 2160. The molecule has 5 aromatic rings. The van der Waals surface area contributed by atoms with Crippen molar-refractivity contribution in [2.45, 2.75) is 18.9 Å². The number of dihydropyridines is 1. The maximum atomic E-state index is 7.01. The first-order valence-corrected chi connectivity index (χ1v) is 15.6. The molecule has 5 nitrogen and oxygen atoms in total. The zero-order valence-electron chi connectivity index (χ0n) is 24.7. The third-order valence-corrected chi connectivity index (χ3v) is 9.12. The number of rotatable bonds is 2. The minimum Gasteiger partial charge on any atom is -0.460 e. The van der Waals surface area contributed by atoms with Crippen molar-refractivity contribution in [1.82, 2.24) is 15.2 Å². The average molecular weight is 586 g/mol. The number of allylic oxidation sites excluding steroid dienone is 6. The number of ether oxygens (including phenoxy) is 2. The van der Waals surface area contributed by atoms with E-state index in [1.165, 1.54) is 22.2 Å². The summed E-state index contributed by atoms with van der Waals surface area (Å²) in [6.45, 7) is 1.56. The molecule has 0 saturated heterocycles. The van der Waals surface area contributed by atoms with Crippen molar-refractivity contribution in [3.05, 3.63) is 156 Å². The fraction of sp³-hybridized carbons (Fsp3) is 0.100. The van der Waals surface area contributed by atoms with Crippen molar-refractivity contribution in [3.8, 4) is 34.1 Å². The van der Waals surface area contributed by atoms with Crippen LogP contribution in [0.5, 0.6) is 17.2 Å². The molecule has 4 aromatic carbocycles. The van der Waals surface area contributed by atoms with E-state index in [4.69, 9.17) is 9.47 Å². The number of nitrogens with one attached hydrogen (secondary N) is 2. The lowest BCUT2D eigenvalue weighted by atomic mass is 9.89. The van der Waals surface area contributed by atoms with Crippen molar-refractivity contribution in [1.29, 1.82) is 0 Å². The highest BCUT2D eigenvalue weighted by Gasteiger charge is 2.28. The van der Waals surface area contributed by atoms with Gasteiger partial charge < -0.3 is 24.7 Å². The Kier molecular flexibility index (Phi) is 6.01. The van der Waals surface area contributed by atoms with Gasteiger partial charge in [0.1, 0.15) is 23.0 Å². The van der Waals surface area contributed by atoms with Gasteiger partial charge in [0, 0.05) is 63.1 Å². The Balaban J connectivity index is 1.27. The molecule has 0 amide bonds. The van der Waals surface area contributed by atoms with E-state index in [1.54, 1.807) is 0 Å². The predicted octanol–water partition coefficient (Wildman–Crippen LogP) is 8.98. The molecule has 1 aromatic heterocycles. The summed E-state index contributed by atoms with van der Waals surface area (Å²) in [4.78, 5) is 0. The van der Waals surface area contributed by atoms with Crippen molar-refractivity contribution < 1.29 is 9.47 Å². The second-order valence-corrected chi connectivity index (χ2v) is 11.7. The predicted molar refractivity (Wildman–Crippen MR) is 181 cm³/mol. The van der Waals surface area contributed by atoms with Crippen LogP contribution < -0.4 is 20.1 Å². The van der Waals surface area contributed by atoms with Gasteiger partial charge in [-0.1, -0.05) is 66.8 Å².